The Morgan fingerprint density at radius 3 is 2.59 bits per heavy atom. The summed E-state index contributed by atoms with van der Waals surface area (Å²) in [5.74, 6) is 0.743. The van der Waals surface area contributed by atoms with Gasteiger partial charge in [0.1, 0.15) is 0 Å². The van der Waals surface area contributed by atoms with Crippen LogP contribution in [0.2, 0.25) is 0 Å². The second kappa shape index (κ2) is 6.06. The molecule has 1 saturated carbocycles. The van der Waals surface area contributed by atoms with Gasteiger partial charge >= 0.3 is 0 Å². The second-order valence-corrected chi connectivity index (χ2v) is 5.06. The normalized spacial score (nSPS) is 23.9. The summed E-state index contributed by atoms with van der Waals surface area (Å²) >= 11 is 0. The van der Waals surface area contributed by atoms with Gasteiger partial charge in [-0.3, -0.25) is 0 Å². The first-order chi connectivity index (χ1) is 8.31. The van der Waals surface area contributed by atoms with Crippen LogP contribution in [0.3, 0.4) is 0 Å². The molecule has 2 heteroatoms. The van der Waals surface area contributed by atoms with Crippen molar-refractivity contribution in [3.63, 3.8) is 0 Å². The summed E-state index contributed by atoms with van der Waals surface area (Å²) in [7, 11) is 0. The maximum atomic E-state index is 6.13. The quantitative estimate of drug-likeness (QED) is 0.845. The third-order valence-corrected chi connectivity index (χ3v) is 3.99. The predicted octanol–water partition coefficient (Wildman–Crippen LogP) is 3.03. The minimum absolute atomic E-state index is 0.449. The lowest BCUT2D eigenvalue weighted by atomic mass is 10.00. The summed E-state index contributed by atoms with van der Waals surface area (Å²) in [6.07, 6.45) is 5.11. The van der Waals surface area contributed by atoms with E-state index in [-0.39, 0.29) is 0 Å². The number of hydrogen-bond acceptors (Lipinski definition) is 2. The topological polar surface area (TPSA) is 29.3 Å². The Bertz CT molecular complexity index is 323. The van der Waals surface area contributed by atoms with Crippen LogP contribution >= 0.6 is 0 Å². The molecule has 0 aliphatic heterocycles. The van der Waals surface area contributed by atoms with Crippen molar-refractivity contribution in [3.8, 4) is 0 Å². The molecule has 0 saturated heterocycles. The van der Waals surface area contributed by atoms with Gasteiger partial charge in [0.25, 0.3) is 0 Å². The molecule has 2 unspecified atom stereocenters. The average Bonchev–Trinajstić information content (AvgIpc) is 2.77. The van der Waals surface area contributed by atoms with Crippen LogP contribution in [-0.2, 0) is 0 Å². The first-order valence-corrected chi connectivity index (χ1v) is 6.87. The van der Waals surface area contributed by atoms with Crippen molar-refractivity contribution in [1.29, 1.82) is 0 Å². The SMILES string of the molecule is CCN(CCC1CCCC1N)c1ccccc1. The lowest BCUT2D eigenvalue weighted by molar-refractivity contribution is 0.447. The van der Waals surface area contributed by atoms with Crippen LogP contribution in [0.15, 0.2) is 30.3 Å². The third-order valence-electron chi connectivity index (χ3n) is 3.99. The fourth-order valence-corrected chi connectivity index (χ4v) is 2.85. The Kier molecular flexibility index (Phi) is 4.43. The van der Waals surface area contributed by atoms with E-state index in [1.165, 1.54) is 31.4 Å². The number of nitrogens with zero attached hydrogens (tertiary/aromatic N) is 1. The molecule has 1 aromatic carbocycles. The van der Waals surface area contributed by atoms with Gasteiger partial charge in [-0.1, -0.05) is 24.6 Å². The molecule has 2 N–H and O–H groups in total. The van der Waals surface area contributed by atoms with E-state index < -0.39 is 0 Å². The van der Waals surface area contributed by atoms with Crippen LogP contribution in [0, 0.1) is 5.92 Å². The summed E-state index contributed by atoms with van der Waals surface area (Å²) in [6, 6.07) is 11.1. The number of anilines is 1. The van der Waals surface area contributed by atoms with E-state index >= 15 is 0 Å². The molecular weight excluding hydrogens is 208 g/mol. The van der Waals surface area contributed by atoms with E-state index in [1.54, 1.807) is 0 Å². The molecule has 0 bridgehead atoms. The highest BCUT2D eigenvalue weighted by molar-refractivity contribution is 5.45. The molecule has 1 fully saturated rings. The Morgan fingerprint density at radius 1 is 1.24 bits per heavy atom. The van der Waals surface area contributed by atoms with Gasteiger partial charge in [0.15, 0.2) is 0 Å². The Morgan fingerprint density at radius 2 is 2.00 bits per heavy atom. The number of rotatable bonds is 5. The molecule has 0 radical (unpaired) electrons. The number of nitrogens with two attached hydrogens (primary N) is 1. The Labute approximate surface area is 105 Å². The molecule has 2 rings (SSSR count). The van der Waals surface area contributed by atoms with Gasteiger partial charge in [-0.05, 0) is 44.2 Å². The van der Waals surface area contributed by atoms with E-state index in [9.17, 15) is 0 Å². The van der Waals surface area contributed by atoms with Crippen LogP contribution in [0.4, 0.5) is 5.69 Å². The van der Waals surface area contributed by atoms with Crippen LogP contribution in [0.5, 0.6) is 0 Å². The van der Waals surface area contributed by atoms with Crippen LogP contribution in [-0.4, -0.2) is 19.1 Å². The molecule has 0 amide bonds. The minimum Gasteiger partial charge on any atom is -0.372 e. The predicted molar refractivity (Wildman–Crippen MR) is 74.3 cm³/mol. The monoisotopic (exact) mass is 232 g/mol. The smallest absolute Gasteiger partial charge is 0.0366 e. The molecule has 1 aliphatic carbocycles. The molecule has 0 aromatic heterocycles. The standard InChI is InChI=1S/C15H24N2/c1-2-17(14-8-4-3-5-9-14)12-11-13-7-6-10-15(13)16/h3-5,8-9,13,15H,2,6-7,10-12,16H2,1H3. The molecule has 2 atom stereocenters. The van der Waals surface area contributed by atoms with Gasteiger partial charge in [-0.2, -0.15) is 0 Å². The zero-order valence-electron chi connectivity index (χ0n) is 10.8. The van der Waals surface area contributed by atoms with Crippen molar-refractivity contribution < 1.29 is 0 Å². The summed E-state index contributed by atoms with van der Waals surface area (Å²) < 4.78 is 0. The third kappa shape index (κ3) is 3.22. The lowest BCUT2D eigenvalue weighted by Crippen LogP contribution is -2.30. The number of hydrogen-bond donors (Lipinski definition) is 1. The van der Waals surface area contributed by atoms with E-state index in [0.29, 0.717) is 6.04 Å². The molecule has 0 spiro atoms. The van der Waals surface area contributed by atoms with Crippen LogP contribution in [0.1, 0.15) is 32.6 Å². The van der Waals surface area contributed by atoms with Gasteiger partial charge in [-0.15, -0.1) is 0 Å². The van der Waals surface area contributed by atoms with Gasteiger partial charge in [-0.25, -0.2) is 0 Å². The van der Waals surface area contributed by atoms with Crippen molar-refractivity contribution >= 4 is 5.69 Å². The van der Waals surface area contributed by atoms with Crippen LogP contribution < -0.4 is 10.6 Å². The highest BCUT2D eigenvalue weighted by atomic mass is 15.1. The van der Waals surface area contributed by atoms with Gasteiger partial charge < -0.3 is 10.6 Å². The second-order valence-electron chi connectivity index (χ2n) is 5.06. The molecule has 1 aromatic rings. The summed E-state index contributed by atoms with van der Waals surface area (Å²) in [6.45, 7) is 4.44. The lowest BCUT2D eigenvalue weighted by Gasteiger charge is -2.25. The Hall–Kier alpha value is -1.02. The molecule has 2 nitrogen and oxygen atoms in total. The molecule has 0 heterocycles. The van der Waals surface area contributed by atoms with E-state index in [0.717, 1.165) is 19.0 Å². The first-order valence-electron chi connectivity index (χ1n) is 6.87. The molecular formula is C15H24N2. The summed E-state index contributed by atoms with van der Waals surface area (Å²) in [4.78, 5) is 2.45. The van der Waals surface area contributed by atoms with Gasteiger partial charge in [0, 0.05) is 24.8 Å². The first kappa shape index (κ1) is 12.4. The maximum Gasteiger partial charge on any atom is 0.0366 e. The molecule has 1 aliphatic rings. The van der Waals surface area contributed by atoms with Gasteiger partial charge in [0.05, 0.1) is 0 Å². The largest absolute Gasteiger partial charge is 0.372 e. The zero-order chi connectivity index (χ0) is 12.1. The highest BCUT2D eigenvalue weighted by Gasteiger charge is 2.23. The van der Waals surface area contributed by atoms with Crippen molar-refractivity contribution in [2.45, 2.75) is 38.6 Å². The maximum absolute atomic E-state index is 6.13. The minimum atomic E-state index is 0.449. The van der Waals surface area contributed by atoms with Gasteiger partial charge in [0.2, 0.25) is 0 Å². The van der Waals surface area contributed by atoms with Crippen molar-refractivity contribution in [2.75, 3.05) is 18.0 Å². The molecule has 94 valence electrons. The molecule has 17 heavy (non-hydrogen) atoms. The summed E-state index contributed by atoms with van der Waals surface area (Å²) in [5.41, 5.74) is 7.46. The average molecular weight is 232 g/mol. The van der Waals surface area contributed by atoms with Crippen molar-refractivity contribution in [2.24, 2.45) is 11.7 Å². The van der Waals surface area contributed by atoms with E-state index in [2.05, 4.69) is 42.2 Å². The summed E-state index contributed by atoms with van der Waals surface area (Å²) in [5, 5.41) is 0. The fraction of sp³-hybridized carbons (Fsp3) is 0.600. The van der Waals surface area contributed by atoms with E-state index in [4.69, 9.17) is 5.73 Å². The van der Waals surface area contributed by atoms with Crippen molar-refractivity contribution in [3.05, 3.63) is 30.3 Å². The van der Waals surface area contributed by atoms with Crippen LogP contribution in [0.25, 0.3) is 0 Å². The van der Waals surface area contributed by atoms with E-state index in [1.807, 2.05) is 0 Å². The number of benzene rings is 1. The fourth-order valence-electron chi connectivity index (χ4n) is 2.85. The van der Waals surface area contributed by atoms with Crippen molar-refractivity contribution in [1.82, 2.24) is 0 Å². The Balaban J connectivity index is 1.88. The zero-order valence-corrected chi connectivity index (χ0v) is 10.8. The highest BCUT2D eigenvalue weighted by Crippen LogP contribution is 2.27. The number of para-hydroxylation sites is 1.